The highest BCUT2D eigenvalue weighted by Crippen LogP contribution is 2.39. The average Bonchev–Trinajstić information content (AvgIpc) is 3.87. The molecule has 0 saturated carbocycles. The molecule has 0 unspecified atom stereocenters. The van der Waals surface area contributed by atoms with Crippen molar-refractivity contribution in [2.45, 2.75) is 0 Å². The quantitative estimate of drug-likeness (QED) is 0.161. The van der Waals surface area contributed by atoms with Gasteiger partial charge in [0.05, 0.1) is 33.5 Å². The standard InChI is InChI=1S/C56H36N6/c1-3-13-45(14-4-1)61-53-19-17-41(31-47(53)49-35-58-27-23-55(49)61)38-9-7-11-40(29-38)44-33-51(37-21-25-57-26-22-37)60-52(34-44)43-12-8-10-39(30-43)42-18-20-54-48(32-42)50-36-59-28-24-56(50)62(54)46-15-5-2-6-16-46/h1-36H. The van der Waals surface area contributed by atoms with Crippen LogP contribution in [0.2, 0.25) is 0 Å². The van der Waals surface area contributed by atoms with Gasteiger partial charge in [0, 0.05) is 81.2 Å². The van der Waals surface area contributed by atoms with Crippen LogP contribution in [0.5, 0.6) is 0 Å². The van der Waals surface area contributed by atoms with Crippen molar-refractivity contribution in [2.75, 3.05) is 0 Å². The van der Waals surface area contributed by atoms with Crippen molar-refractivity contribution in [3.63, 3.8) is 0 Å². The molecule has 6 aromatic heterocycles. The number of hydrogen-bond acceptors (Lipinski definition) is 4. The van der Waals surface area contributed by atoms with Gasteiger partial charge in [0.1, 0.15) is 0 Å². The lowest BCUT2D eigenvalue weighted by Gasteiger charge is -2.13. The maximum Gasteiger partial charge on any atom is 0.0716 e. The lowest BCUT2D eigenvalue weighted by Crippen LogP contribution is -1.93. The van der Waals surface area contributed by atoms with E-state index in [1.807, 2.05) is 49.3 Å². The molecule has 62 heavy (non-hydrogen) atoms. The van der Waals surface area contributed by atoms with E-state index >= 15 is 0 Å². The molecule has 12 rings (SSSR count). The van der Waals surface area contributed by atoms with Crippen molar-refractivity contribution in [3.05, 3.63) is 219 Å². The van der Waals surface area contributed by atoms with Crippen LogP contribution < -0.4 is 0 Å². The molecule has 0 bridgehead atoms. The molecule has 6 aromatic carbocycles. The number of para-hydroxylation sites is 2. The second-order valence-electron chi connectivity index (χ2n) is 15.6. The first-order valence-corrected chi connectivity index (χ1v) is 20.7. The Balaban J connectivity index is 0.957. The van der Waals surface area contributed by atoms with E-state index in [1.54, 1.807) is 0 Å². The summed E-state index contributed by atoms with van der Waals surface area (Å²) < 4.78 is 4.64. The maximum atomic E-state index is 5.29. The van der Waals surface area contributed by atoms with Gasteiger partial charge in [0.25, 0.3) is 0 Å². The lowest BCUT2D eigenvalue weighted by molar-refractivity contribution is 1.17. The monoisotopic (exact) mass is 792 g/mol. The molecule has 6 heteroatoms. The zero-order chi connectivity index (χ0) is 41.0. The molecule has 12 aromatic rings. The summed E-state index contributed by atoms with van der Waals surface area (Å²) in [6.45, 7) is 0. The third-order valence-electron chi connectivity index (χ3n) is 12.0. The van der Waals surface area contributed by atoms with Crippen LogP contribution in [0, 0.1) is 0 Å². The van der Waals surface area contributed by atoms with Gasteiger partial charge in [-0.25, -0.2) is 4.98 Å². The van der Waals surface area contributed by atoms with E-state index in [4.69, 9.17) is 4.98 Å². The number of benzene rings is 6. The summed E-state index contributed by atoms with van der Waals surface area (Å²) >= 11 is 0. The van der Waals surface area contributed by atoms with E-state index in [0.29, 0.717) is 0 Å². The summed E-state index contributed by atoms with van der Waals surface area (Å²) in [6.07, 6.45) is 11.3. The predicted octanol–water partition coefficient (Wildman–Crippen LogP) is 13.8. The van der Waals surface area contributed by atoms with E-state index in [0.717, 1.165) is 105 Å². The number of fused-ring (bicyclic) bond motifs is 6. The molecule has 0 saturated heterocycles. The van der Waals surface area contributed by atoms with Crippen molar-refractivity contribution in [1.29, 1.82) is 0 Å². The smallest absolute Gasteiger partial charge is 0.0716 e. The number of pyridine rings is 4. The Labute approximate surface area is 357 Å². The highest BCUT2D eigenvalue weighted by Gasteiger charge is 2.17. The fourth-order valence-corrected chi connectivity index (χ4v) is 9.05. The Morgan fingerprint density at radius 2 is 0.710 bits per heavy atom. The van der Waals surface area contributed by atoms with Crippen LogP contribution >= 0.6 is 0 Å². The molecule has 6 heterocycles. The lowest BCUT2D eigenvalue weighted by atomic mass is 9.95. The summed E-state index contributed by atoms with van der Waals surface area (Å²) in [5.74, 6) is 0. The Morgan fingerprint density at radius 3 is 1.26 bits per heavy atom. The molecule has 0 fully saturated rings. The predicted molar refractivity (Wildman–Crippen MR) is 253 cm³/mol. The SMILES string of the molecule is c1ccc(-n2c3ccncc3c3cc(-c4cccc(-c5cc(-c6ccncc6)nc(-c6cccc(-c7ccc8c(c7)c7cnccc7n8-c7ccccc7)c6)c5)c4)ccc32)cc1. The van der Waals surface area contributed by atoms with E-state index in [2.05, 4.69) is 194 Å². The minimum absolute atomic E-state index is 0.890. The van der Waals surface area contributed by atoms with Crippen LogP contribution in [-0.4, -0.2) is 29.1 Å². The summed E-state index contributed by atoms with van der Waals surface area (Å²) in [5, 5.41) is 4.59. The molecule has 0 aliphatic rings. The Kier molecular flexibility index (Phi) is 8.38. The molecule has 0 aliphatic carbocycles. The van der Waals surface area contributed by atoms with E-state index in [-0.39, 0.29) is 0 Å². The zero-order valence-corrected chi connectivity index (χ0v) is 33.5. The van der Waals surface area contributed by atoms with Crippen molar-refractivity contribution in [3.8, 4) is 67.3 Å². The molecule has 290 valence electrons. The van der Waals surface area contributed by atoms with Crippen molar-refractivity contribution < 1.29 is 0 Å². The molecule has 0 amide bonds. The first-order valence-electron chi connectivity index (χ1n) is 20.7. The molecular weight excluding hydrogens is 757 g/mol. The first-order chi connectivity index (χ1) is 30.7. The number of aromatic nitrogens is 6. The minimum Gasteiger partial charge on any atom is -0.309 e. The van der Waals surface area contributed by atoms with Crippen LogP contribution in [0.25, 0.3) is 111 Å². The van der Waals surface area contributed by atoms with Gasteiger partial charge >= 0.3 is 0 Å². The topological polar surface area (TPSA) is 61.4 Å². The van der Waals surface area contributed by atoms with Crippen LogP contribution in [0.15, 0.2) is 219 Å². The summed E-state index contributed by atoms with van der Waals surface area (Å²) in [4.78, 5) is 18.6. The Hall–Kier alpha value is -8.48. The van der Waals surface area contributed by atoms with E-state index in [9.17, 15) is 0 Å². The zero-order valence-electron chi connectivity index (χ0n) is 33.5. The summed E-state index contributed by atoms with van der Waals surface area (Å²) in [7, 11) is 0. The number of nitrogens with zero attached hydrogens (tertiary/aromatic N) is 6. The largest absolute Gasteiger partial charge is 0.309 e. The third kappa shape index (κ3) is 6.04. The molecule has 0 N–H and O–H groups in total. The van der Waals surface area contributed by atoms with Gasteiger partial charge in [-0.3, -0.25) is 15.0 Å². The van der Waals surface area contributed by atoms with E-state index in [1.165, 1.54) is 5.39 Å². The molecule has 0 radical (unpaired) electrons. The van der Waals surface area contributed by atoms with Crippen molar-refractivity contribution in [2.24, 2.45) is 0 Å². The van der Waals surface area contributed by atoms with Gasteiger partial charge in [-0.15, -0.1) is 0 Å². The normalized spacial score (nSPS) is 11.5. The van der Waals surface area contributed by atoms with Crippen LogP contribution in [-0.2, 0) is 0 Å². The van der Waals surface area contributed by atoms with E-state index < -0.39 is 0 Å². The first kappa shape index (κ1) is 35.5. The second-order valence-corrected chi connectivity index (χ2v) is 15.6. The molecule has 0 aliphatic heterocycles. The van der Waals surface area contributed by atoms with Gasteiger partial charge in [0.15, 0.2) is 0 Å². The summed E-state index contributed by atoms with van der Waals surface area (Å²) in [5.41, 5.74) is 17.4. The van der Waals surface area contributed by atoms with Crippen LogP contribution in [0.3, 0.4) is 0 Å². The number of rotatable bonds is 7. The Bertz CT molecular complexity index is 3410. The second kappa shape index (κ2) is 14.7. The van der Waals surface area contributed by atoms with Gasteiger partial charge in [-0.1, -0.05) is 84.9 Å². The fraction of sp³-hybridized carbons (Fsp3) is 0. The molecule has 6 nitrogen and oxygen atoms in total. The fourth-order valence-electron chi connectivity index (χ4n) is 9.05. The highest BCUT2D eigenvalue weighted by molar-refractivity contribution is 6.11. The molecule has 0 spiro atoms. The van der Waals surface area contributed by atoms with Gasteiger partial charge in [0.2, 0.25) is 0 Å². The summed E-state index contributed by atoms with van der Waals surface area (Å²) in [6, 6.07) is 64.7. The van der Waals surface area contributed by atoms with Crippen molar-refractivity contribution >= 4 is 43.6 Å². The van der Waals surface area contributed by atoms with Gasteiger partial charge < -0.3 is 9.13 Å². The highest BCUT2D eigenvalue weighted by atomic mass is 15.0. The third-order valence-corrected chi connectivity index (χ3v) is 12.0. The minimum atomic E-state index is 0.890. The van der Waals surface area contributed by atoms with Crippen LogP contribution in [0.4, 0.5) is 0 Å². The molecular formula is C56H36N6. The van der Waals surface area contributed by atoms with Crippen LogP contribution in [0.1, 0.15) is 0 Å². The van der Waals surface area contributed by atoms with Gasteiger partial charge in [-0.2, -0.15) is 0 Å². The van der Waals surface area contributed by atoms with Gasteiger partial charge in [-0.05, 0) is 130 Å². The number of hydrogen-bond donors (Lipinski definition) is 0. The maximum absolute atomic E-state index is 5.29. The molecule has 0 atom stereocenters. The average molecular weight is 793 g/mol. The Morgan fingerprint density at radius 1 is 0.274 bits per heavy atom. The van der Waals surface area contributed by atoms with Crippen molar-refractivity contribution in [1.82, 2.24) is 29.1 Å².